The average molecular weight is 389 g/mol. The zero-order valence-electron chi connectivity index (χ0n) is 12.8. The van der Waals surface area contributed by atoms with Gasteiger partial charge in [0.1, 0.15) is 12.4 Å². The van der Waals surface area contributed by atoms with E-state index in [0.717, 1.165) is 5.69 Å². The first-order valence-electron chi connectivity index (χ1n) is 7.33. The summed E-state index contributed by atoms with van der Waals surface area (Å²) in [6.07, 6.45) is 0. The zero-order valence-corrected chi connectivity index (χ0v) is 14.6. The fraction of sp³-hybridized carbons (Fsp3) is 0.111. The van der Waals surface area contributed by atoms with Crippen LogP contribution in [0.1, 0.15) is 0 Å². The maximum Gasteiger partial charge on any atom is 0.269 e. The molecule has 5 nitrogen and oxygen atoms in total. The third-order valence-electron chi connectivity index (χ3n) is 3.52. The molecule has 3 rings (SSSR count). The molecule has 6 heteroatoms. The summed E-state index contributed by atoms with van der Waals surface area (Å²) in [5.74, 6) is 0.621. The Kier molecular flexibility index (Phi) is 6.14. The molecular weight excluding hydrogens is 372 g/mol. The summed E-state index contributed by atoms with van der Waals surface area (Å²) in [6.45, 7) is 1.12. The van der Waals surface area contributed by atoms with E-state index < -0.39 is 4.92 Å². The number of hydrogen-bond donors (Lipinski definition) is 1. The Morgan fingerprint density at radius 2 is 1.67 bits per heavy atom. The molecule has 0 aromatic heterocycles. The van der Waals surface area contributed by atoms with Crippen LogP contribution in [0.25, 0.3) is 10.8 Å². The molecule has 1 N–H and O–H groups in total. The number of benzene rings is 3. The lowest BCUT2D eigenvalue weighted by molar-refractivity contribution is -0.384. The van der Waals surface area contributed by atoms with Crippen LogP contribution in [0.5, 0.6) is 5.75 Å². The van der Waals surface area contributed by atoms with Crippen LogP contribution in [0.2, 0.25) is 0 Å². The van der Waals surface area contributed by atoms with Gasteiger partial charge in [-0.15, -0.1) is 17.0 Å². The summed E-state index contributed by atoms with van der Waals surface area (Å²) < 4.78 is 5.59. The number of rotatable bonds is 6. The average Bonchev–Trinajstić information content (AvgIpc) is 2.59. The van der Waals surface area contributed by atoms with Gasteiger partial charge in [0, 0.05) is 29.8 Å². The molecule has 0 aliphatic carbocycles. The molecule has 24 heavy (non-hydrogen) atoms. The molecule has 0 saturated heterocycles. The summed E-state index contributed by atoms with van der Waals surface area (Å²) in [4.78, 5) is 10.2. The minimum Gasteiger partial charge on any atom is -0.492 e. The summed E-state index contributed by atoms with van der Waals surface area (Å²) in [5.41, 5.74) is 1.13. The molecule has 0 heterocycles. The maximum absolute atomic E-state index is 10.6. The quantitative estimate of drug-likeness (QED) is 0.373. The van der Waals surface area contributed by atoms with Crippen LogP contribution in [0, 0.1) is 10.1 Å². The highest BCUT2D eigenvalue weighted by molar-refractivity contribution is 8.93. The predicted octanol–water partition coefficient (Wildman–Crippen LogP) is 4.82. The van der Waals surface area contributed by atoms with Crippen molar-refractivity contribution in [2.75, 3.05) is 18.5 Å². The second-order valence-electron chi connectivity index (χ2n) is 5.05. The lowest BCUT2D eigenvalue weighted by atomic mass is 10.1. The molecule has 0 radical (unpaired) electrons. The Balaban J connectivity index is 0.00000208. The van der Waals surface area contributed by atoms with Gasteiger partial charge in [-0.05, 0) is 23.6 Å². The SMILES string of the molecule is Br.O=[N+]([O-])c1ccc(OCCNc2cccc3ccccc23)cc1. The first-order valence-corrected chi connectivity index (χ1v) is 7.33. The van der Waals surface area contributed by atoms with Crippen LogP contribution in [-0.2, 0) is 0 Å². The number of ether oxygens (including phenoxy) is 1. The van der Waals surface area contributed by atoms with Crippen molar-refractivity contribution in [2.24, 2.45) is 0 Å². The summed E-state index contributed by atoms with van der Waals surface area (Å²) in [6, 6.07) is 20.4. The van der Waals surface area contributed by atoms with E-state index in [4.69, 9.17) is 4.74 Å². The minimum atomic E-state index is -0.425. The van der Waals surface area contributed by atoms with Gasteiger partial charge in [0.05, 0.1) is 4.92 Å². The molecule has 0 bridgehead atoms. The number of nitrogens with one attached hydrogen (secondary N) is 1. The molecule has 0 aliphatic heterocycles. The number of anilines is 1. The van der Waals surface area contributed by atoms with Crippen molar-refractivity contribution in [1.82, 2.24) is 0 Å². The van der Waals surface area contributed by atoms with Crippen molar-refractivity contribution >= 4 is 39.1 Å². The molecule has 0 amide bonds. The van der Waals surface area contributed by atoms with Crippen molar-refractivity contribution in [3.63, 3.8) is 0 Å². The molecule has 3 aromatic carbocycles. The highest BCUT2D eigenvalue weighted by atomic mass is 79.9. The van der Waals surface area contributed by atoms with Crippen molar-refractivity contribution in [1.29, 1.82) is 0 Å². The molecule has 0 spiro atoms. The van der Waals surface area contributed by atoms with Crippen LogP contribution >= 0.6 is 17.0 Å². The minimum absolute atomic E-state index is 0. The molecule has 0 atom stereocenters. The van der Waals surface area contributed by atoms with Gasteiger partial charge >= 0.3 is 0 Å². The van der Waals surface area contributed by atoms with Gasteiger partial charge in [-0.1, -0.05) is 36.4 Å². The number of hydrogen-bond acceptors (Lipinski definition) is 4. The Bertz CT molecular complexity index is 817. The lowest BCUT2D eigenvalue weighted by Crippen LogP contribution is -2.11. The van der Waals surface area contributed by atoms with E-state index in [-0.39, 0.29) is 22.7 Å². The predicted molar refractivity (Wildman–Crippen MR) is 101 cm³/mol. The van der Waals surface area contributed by atoms with Crippen molar-refractivity contribution in [2.45, 2.75) is 0 Å². The van der Waals surface area contributed by atoms with Gasteiger partial charge in [-0.25, -0.2) is 0 Å². The smallest absolute Gasteiger partial charge is 0.269 e. The molecular formula is C18H17BrN2O3. The Hall–Kier alpha value is -2.60. The van der Waals surface area contributed by atoms with Crippen LogP contribution in [0.3, 0.4) is 0 Å². The van der Waals surface area contributed by atoms with Gasteiger partial charge in [-0.3, -0.25) is 10.1 Å². The number of halogens is 1. The lowest BCUT2D eigenvalue weighted by Gasteiger charge is -2.11. The third-order valence-corrected chi connectivity index (χ3v) is 3.52. The van der Waals surface area contributed by atoms with Crippen LogP contribution in [0.15, 0.2) is 66.7 Å². The van der Waals surface area contributed by atoms with Gasteiger partial charge in [0.25, 0.3) is 5.69 Å². The standard InChI is InChI=1S/C18H16N2O3.BrH/c21-20(22)15-8-10-16(11-9-15)23-13-12-19-18-7-3-5-14-4-1-2-6-17(14)18;/h1-11,19H,12-13H2;1H. The fourth-order valence-corrected chi connectivity index (χ4v) is 2.40. The number of nitro benzene ring substituents is 1. The highest BCUT2D eigenvalue weighted by Crippen LogP contribution is 2.22. The molecule has 0 fully saturated rings. The van der Waals surface area contributed by atoms with Gasteiger partial charge in [0.2, 0.25) is 0 Å². The Labute approximate surface area is 150 Å². The number of nitrogens with zero attached hydrogens (tertiary/aromatic N) is 1. The normalized spacial score (nSPS) is 10.0. The van der Waals surface area contributed by atoms with Gasteiger partial charge in [0.15, 0.2) is 0 Å². The van der Waals surface area contributed by atoms with Gasteiger partial charge in [-0.2, -0.15) is 0 Å². The molecule has 124 valence electrons. The molecule has 3 aromatic rings. The van der Waals surface area contributed by atoms with E-state index in [1.165, 1.54) is 22.9 Å². The van der Waals surface area contributed by atoms with Gasteiger partial charge < -0.3 is 10.1 Å². The second kappa shape index (κ2) is 8.31. The number of non-ortho nitro benzene ring substituents is 1. The van der Waals surface area contributed by atoms with Crippen LogP contribution < -0.4 is 10.1 Å². The molecule has 0 aliphatic rings. The first kappa shape index (κ1) is 17.7. The summed E-state index contributed by atoms with van der Waals surface area (Å²) in [5, 5.41) is 16.3. The Morgan fingerprint density at radius 1 is 0.958 bits per heavy atom. The third kappa shape index (κ3) is 4.23. The van der Waals surface area contributed by atoms with Crippen molar-refractivity contribution in [3.05, 3.63) is 76.8 Å². The fourth-order valence-electron chi connectivity index (χ4n) is 2.40. The monoisotopic (exact) mass is 388 g/mol. The maximum atomic E-state index is 10.6. The number of nitro groups is 1. The largest absolute Gasteiger partial charge is 0.492 e. The second-order valence-corrected chi connectivity index (χ2v) is 5.05. The molecule has 0 saturated carbocycles. The van der Waals surface area contributed by atoms with Crippen molar-refractivity contribution in [3.8, 4) is 5.75 Å². The summed E-state index contributed by atoms with van der Waals surface area (Å²) in [7, 11) is 0. The van der Waals surface area contributed by atoms with E-state index >= 15 is 0 Å². The van der Waals surface area contributed by atoms with E-state index in [2.05, 4.69) is 23.5 Å². The number of fused-ring (bicyclic) bond motifs is 1. The first-order chi connectivity index (χ1) is 11.2. The van der Waals surface area contributed by atoms with E-state index in [1.807, 2.05) is 24.3 Å². The van der Waals surface area contributed by atoms with Crippen LogP contribution in [0.4, 0.5) is 11.4 Å². The van der Waals surface area contributed by atoms with E-state index in [0.29, 0.717) is 18.9 Å². The molecule has 0 unspecified atom stereocenters. The topological polar surface area (TPSA) is 64.4 Å². The summed E-state index contributed by atoms with van der Waals surface area (Å²) >= 11 is 0. The van der Waals surface area contributed by atoms with E-state index in [9.17, 15) is 10.1 Å². The van der Waals surface area contributed by atoms with E-state index in [1.54, 1.807) is 12.1 Å². The van der Waals surface area contributed by atoms with Crippen LogP contribution in [-0.4, -0.2) is 18.1 Å². The Morgan fingerprint density at radius 3 is 2.42 bits per heavy atom. The van der Waals surface area contributed by atoms with Crippen molar-refractivity contribution < 1.29 is 9.66 Å². The highest BCUT2D eigenvalue weighted by Gasteiger charge is 2.04. The zero-order chi connectivity index (χ0) is 16.1.